The SMILES string of the molecule is CCNC(=NCCC(=O)N(CC)CC)NCCc1ccc(F)cc1Cl.I. The number of guanidine groups is 1. The molecule has 0 aliphatic heterocycles. The van der Waals surface area contributed by atoms with Crippen molar-refractivity contribution in [3.63, 3.8) is 0 Å². The number of carbonyl (C=O) groups excluding carboxylic acids is 1. The van der Waals surface area contributed by atoms with Gasteiger partial charge in [-0.2, -0.15) is 0 Å². The number of nitrogens with one attached hydrogen (secondary N) is 2. The third kappa shape index (κ3) is 9.02. The zero-order valence-electron chi connectivity index (χ0n) is 15.6. The zero-order valence-corrected chi connectivity index (χ0v) is 18.7. The molecule has 26 heavy (non-hydrogen) atoms. The molecule has 1 aromatic rings. The first-order valence-electron chi connectivity index (χ1n) is 8.75. The van der Waals surface area contributed by atoms with Crippen LogP contribution in [0.25, 0.3) is 0 Å². The molecule has 0 saturated heterocycles. The molecule has 0 aliphatic rings. The topological polar surface area (TPSA) is 56.7 Å². The molecule has 0 atom stereocenters. The lowest BCUT2D eigenvalue weighted by molar-refractivity contribution is -0.130. The Balaban J connectivity index is 0.00000625. The Morgan fingerprint density at radius 3 is 2.50 bits per heavy atom. The number of nitrogens with zero attached hydrogens (tertiary/aromatic N) is 2. The van der Waals surface area contributed by atoms with Crippen molar-refractivity contribution in [2.75, 3.05) is 32.7 Å². The molecular formula is C18H29ClFIN4O. The predicted octanol–water partition coefficient (Wildman–Crippen LogP) is 3.45. The maximum atomic E-state index is 13.1. The summed E-state index contributed by atoms with van der Waals surface area (Å²) in [7, 11) is 0. The van der Waals surface area contributed by atoms with Crippen LogP contribution in [0.5, 0.6) is 0 Å². The van der Waals surface area contributed by atoms with Crippen molar-refractivity contribution in [1.82, 2.24) is 15.5 Å². The van der Waals surface area contributed by atoms with E-state index in [0.717, 1.165) is 25.2 Å². The van der Waals surface area contributed by atoms with E-state index in [9.17, 15) is 9.18 Å². The van der Waals surface area contributed by atoms with Crippen molar-refractivity contribution < 1.29 is 9.18 Å². The van der Waals surface area contributed by atoms with Gasteiger partial charge >= 0.3 is 0 Å². The Labute approximate surface area is 177 Å². The summed E-state index contributed by atoms with van der Waals surface area (Å²) in [6, 6.07) is 4.40. The largest absolute Gasteiger partial charge is 0.357 e. The number of carbonyl (C=O) groups is 1. The molecule has 2 N–H and O–H groups in total. The summed E-state index contributed by atoms with van der Waals surface area (Å²) in [5, 5.41) is 6.77. The van der Waals surface area contributed by atoms with Crippen LogP contribution in [-0.2, 0) is 11.2 Å². The maximum absolute atomic E-state index is 13.1. The first-order valence-corrected chi connectivity index (χ1v) is 9.13. The number of hydrogen-bond acceptors (Lipinski definition) is 2. The van der Waals surface area contributed by atoms with E-state index in [0.29, 0.717) is 36.9 Å². The summed E-state index contributed by atoms with van der Waals surface area (Å²) >= 11 is 6.03. The fourth-order valence-electron chi connectivity index (χ4n) is 2.38. The molecule has 0 aromatic heterocycles. The van der Waals surface area contributed by atoms with E-state index >= 15 is 0 Å². The Morgan fingerprint density at radius 1 is 1.23 bits per heavy atom. The van der Waals surface area contributed by atoms with E-state index in [1.54, 1.807) is 11.0 Å². The molecule has 8 heteroatoms. The Morgan fingerprint density at radius 2 is 1.92 bits per heavy atom. The molecular weight excluding hydrogens is 470 g/mol. The second-order valence-electron chi connectivity index (χ2n) is 5.49. The average molecular weight is 499 g/mol. The van der Waals surface area contributed by atoms with Gasteiger partial charge in [0.2, 0.25) is 5.91 Å². The number of benzene rings is 1. The van der Waals surface area contributed by atoms with Gasteiger partial charge in [0.25, 0.3) is 0 Å². The van der Waals surface area contributed by atoms with Crippen molar-refractivity contribution in [3.05, 3.63) is 34.6 Å². The summed E-state index contributed by atoms with van der Waals surface area (Å²) in [6.07, 6.45) is 1.05. The van der Waals surface area contributed by atoms with Crippen LogP contribution in [0.3, 0.4) is 0 Å². The highest BCUT2D eigenvalue weighted by molar-refractivity contribution is 14.0. The third-order valence-corrected chi connectivity index (χ3v) is 4.11. The van der Waals surface area contributed by atoms with E-state index in [-0.39, 0.29) is 35.7 Å². The monoisotopic (exact) mass is 498 g/mol. The molecule has 0 bridgehead atoms. The van der Waals surface area contributed by atoms with Crippen molar-refractivity contribution in [1.29, 1.82) is 0 Å². The number of halogens is 3. The Hall–Kier alpha value is -1.09. The number of hydrogen-bond donors (Lipinski definition) is 2. The first kappa shape index (κ1) is 24.9. The van der Waals surface area contributed by atoms with Crippen LogP contribution >= 0.6 is 35.6 Å². The van der Waals surface area contributed by atoms with E-state index in [1.807, 2.05) is 20.8 Å². The fraction of sp³-hybridized carbons (Fsp3) is 0.556. The lowest BCUT2D eigenvalue weighted by atomic mass is 10.1. The van der Waals surface area contributed by atoms with Crippen LogP contribution in [0.4, 0.5) is 4.39 Å². The molecule has 5 nitrogen and oxygen atoms in total. The summed E-state index contributed by atoms with van der Waals surface area (Å²) in [5.41, 5.74) is 0.878. The predicted molar refractivity (Wildman–Crippen MR) is 117 cm³/mol. The normalized spacial score (nSPS) is 10.9. The summed E-state index contributed by atoms with van der Waals surface area (Å²) in [5.74, 6) is 0.435. The quantitative estimate of drug-likeness (QED) is 0.311. The van der Waals surface area contributed by atoms with Gasteiger partial charge in [0, 0.05) is 37.6 Å². The van der Waals surface area contributed by atoms with Crippen LogP contribution in [0.1, 0.15) is 32.8 Å². The van der Waals surface area contributed by atoms with Crippen molar-refractivity contribution in [2.24, 2.45) is 4.99 Å². The maximum Gasteiger partial charge on any atom is 0.224 e. The molecule has 0 unspecified atom stereocenters. The highest BCUT2D eigenvalue weighted by atomic mass is 127. The first-order chi connectivity index (χ1) is 12.0. The van der Waals surface area contributed by atoms with E-state index in [2.05, 4.69) is 15.6 Å². The molecule has 1 amide bonds. The van der Waals surface area contributed by atoms with Gasteiger partial charge in [0.15, 0.2) is 5.96 Å². The Bertz CT molecular complexity index is 582. The van der Waals surface area contributed by atoms with Crippen molar-refractivity contribution in [3.8, 4) is 0 Å². The number of amides is 1. The van der Waals surface area contributed by atoms with Gasteiger partial charge in [-0.15, -0.1) is 24.0 Å². The van der Waals surface area contributed by atoms with E-state index < -0.39 is 0 Å². The smallest absolute Gasteiger partial charge is 0.224 e. The summed E-state index contributed by atoms with van der Waals surface area (Å²) in [6.45, 7) is 9.13. The molecule has 1 aromatic carbocycles. The second-order valence-corrected chi connectivity index (χ2v) is 5.90. The average Bonchev–Trinajstić information content (AvgIpc) is 2.58. The molecule has 0 saturated carbocycles. The highest BCUT2D eigenvalue weighted by Gasteiger charge is 2.08. The van der Waals surface area contributed by atoms with Crippen LogP contribution in [0.15, 0.2) is 23.2 Å². The van der Waals surface area contributed by atoms with Crippen molar-refractivity contribution in [2.45, 2.75) is 33.6 Å². The minimum absolute atomic E-state index is 0. The highest BCUT2D eigenvalue weighted by Crippen LogP contribution is 2.17. The summed E-state index contributed by atoms with van der Waals surface area (Å²) in [4.78, 5) is 18.2. The van der Waals surface area contributed by atoms with Gasteiger partial charge in [-0.1, -0.05) is 17.7 Å². The minimum Gasteiger partial charge on any atom is -0.357 e. The van der Waals surface area contributed by atoms with Gasteiger partial charge in [0.1, 0.15) is 5.82 Å². The van der Waals surface area contributed by atoms with Crippen LogP contribution in [-0.4, -0.2) is 49.5 Å². The van der Waals surface area contributed by atoms with Gasteiger partial charge in [0.05, 0.1) is 6.54 Å². The van der Waals surface area contributed by atoms with Crippen LogP contribution < -0.4 is 10.6 Å². The number of aliphatic imine (C=N–C) groups is 1. The van der Waals surface area contributed by atoms with E-state index in [1.165, 1.54) is 12.1 Å². The Kier molecular flexibility index (Phi) is 13.4. The molecule has 0 spiro atoms. The molecule has 0 fully saturated rings. The fourth-order valence-corrected chi connectivity index (χ4v) is 2.64. The molecule has 0 heterocycles. The third-order valence-electron chi connectivity index (χ3n) is 3.76. The van der Waals surface area contributed by atoms with Gasteiger partial charge in [-0.25, -0.2) is 4.39 Å². The molecule has 0 radical (unpaired) electrons. The second kappa shape index (κ2) is 14.0. The van der Waals surface area contributed by atoms with Crippen LogP contribution in [0.2, 0.25) is 5.02 Å². The van der Waals surface area contributed by atoms with Crippen molar-refractivity contribution >= 4 is 47.4 Å². The summed E-state index contributed by atoms with van der Waals surface area (Å²) < 4.78 is 13.1. The standard InChI is InChI=1S/C18H28ClFN4O.HI/c1-4-21-18(23-12-10-17(25)24(5-2)6-3)22-11-9-14-7-8-15(20)13-16(14)19;/h7-8,13H,4-6,9-12H2,1-3H3,(H2,21,22,23);1H. The number of rotatable bonds is 9. The minimum atomic E-state index is -0.338. The molecule has 1 rings (SSSR count). The molecule has 0 aliphatic carbocycles. The lowest BCUT2D eigenvalue weighted by Gasteiger charge is -2.18. The van der Waals surface area contributed by atoms with Crippen LogP contribution in [0, 0.1) is 5.82 Å². The molecule has 148 valence electrons. The zero-order chi connectivity index (χ0) is 18.7. The van der Waals surface area contributed by atoms with Gasteiger partial charge in [-0.05, 0) is 44.9 Å². The van der Waals surface area contributed by atoms with Gasteiger partial charge in [-0.3, -0.25) is 9.79 Å². The lowest BCUT2D eigenvalue weighted by Crippen LogP contribution is -2.38. The van der Waals surface area contributed by atoms with E-state index in [4.69, 9.17) is 11.6 Å². The van der Waals surface area contributed by atoms with Gasteiger partial charge < -0.3 is 15.5 Å².